The van der Waals surface area contributed by atoms with Gasteiger partial charge in [0.15, 0.2) is 0 Å². The summed E-state index contributed by atoms with van der Waals surface area (Å²) in [5.74, 6) is 0. The first kappa shape index (κ1) is 32.0. The van der Waals surface area contributed by atoms with Crippen molar-refractivity contribution in [2.45, 2.75) is 6.92 Å². The van der Waals surface area contributed by atoms with Crippen LogP contribution in [0, 0.1) is 29.6 Å². The van der Waals surface area contributed by atoms with E-state index in [-0.39, 0.29) is 0 Å². The van der Waals surface area contributed by atoms with Gasteiger partial charge in [-0.1, -0.05) is 133 Å². The minimum atomic E-state index is 0.620. The average Bonchev–Trinajstić information content (AvgIpc) is 3.76. The molecule has 4 heteroatoms. The number of hydrogen-bond donors (Lipinski definition) is 0. The predicted octanol–water partition coefficient (Wildman–Crippen LogP) is 12.9. The van der Waals surface area contributed by atoms with Gasteiger partial charge in [-0.3, -0.25) is 0 Å². The third-order valence-electron chi connectivity index (χ3n) is 10.9. The summed E-state index contributed by atoms with van der Waals surface area (Å²) in [5.41, 5.74) is 15.2. The average molecular weight is 701 g/mol. The number of nitriles is 2. The molecule has 0 radical (unpaired) electrons. The Hall–Kier alpha value is -7.66. The van der Waals surface area contributed by atoms with E-state index in [1.54, 1.807) is 0 Å². The van der Waals surface area contributed by atoms with Crippen molar-refractivity contribution in [2.75, 3.05) is 0 Å². The molecule has 0 aliphatic rings. The Labute approximate surface area is 318 Å². The van der Waals surface area contributed by atoms with Crippen LogP contribution < -0.4 is 0 Å². The summed E-state index contributed by atoms with van der Waals surface area (Å²) in [6, 6.07) is 66.0. The minimum absolute atomic E-state index is 0.620. The van der Waals surface area contributed by atoms with E-state index in [9.17, 15) is 10.5 Å². The van der Waals surface area contributed by atoms with E-state index >= 15 is 0 Å². The summed E-state index contributed by atoms with van der Waals surface area (Å²) < 4.78 is 4.58. The predicted molar refractivity (Wildman–Crippen MR) is 226 cm³/mol. The quantitative estimate of drug-likeness (QED) is 0.179. The van der Waals surface area contributed by atoms with E-state index in [4.69, 9.17) is 0 Å². The van der Waals surface area contributed by atoms with Crippen LogP contribution in [0.15, 0.2) is 176 Å². The molecule has 55 heavy (non-hydrogen) atoms. The Morgan fingerprint density at radius 2 is 0.927 bits per heavy atom. The second-order valence-electron chi connectivity index (χ2n) is 14.0. The lowest BCUT2D eigenvalue weighted by Gasteiger charge is -2.18. The third-order valence-corrected chi connectivity index (χ3v) is 10.9. The summed E-state index contributed by atoms with van der Waals surface area (Å²) >= 11 is 0. The fourth-order valence-electron chi connectivity index (χ4n) is 8.54. The van der Waals surface area contributed by atoms with Gasteiger partial charge in [0.25, 0.3) is 0 Å². The van der Waals surface area contributed by atoms with E-state index in [1.165, 1.54) is 5.56 Å². The molecule has 0 aliphatic carbocycles. The summed E-state index contributed by atoms with van der Waals surface area (Å²) in [4.78, 5) is 0. The summed E-state index contributed by atoms with van der Waals surface area (Å²) in [5, 5.41) is 24.7. The molecular formula is C51H32N4. The Kier molecular flexibility index (Phi) is 7.44. The molecule has 2 heterocycles. The number of fused-ring (bicyclic) bond motifs is 6. The van der Waals surface area contributed by atoms with Gasteiger partial charge < -0.3 is 9.13 Å². The van der Waals surface area contributed by atoms with Crippen molar-refractivity contribution in [3.8, 4) is 56.9 Å². The highest BCUT2D eigenvalue weighted by molar-refractivity contribution is 6.17. The first-order valence-electron chi connectivity index (χ1n) is 18.4. The van der Waals surface area contributed by atoms with Crippen molar-refractivity contribution >= 4 is 43.6 Å². The number of aromatic nitrogens is 2. The Bertz CT molecular complexity index is 3250. The highest BCUT2D eigenvalue weighted by atomic mass is 15.0. The van der Waals surface area contributed by atoms with Gasteiger partial charge in [-0.05, 0) is 77.7 Å². The molecule has 10 rings (SSSR count). The standard InChI is InChI=1S/C51H32N4/c1-33-27-28-49-46(29-33)45-24-12-22-43(51(45)55(49)47-25-8-2-14-35(47)32-53)40-19-6-4-17-38(40)37-16-3-5-18-39(37)42-21-11-23-44-41-20-7-9-26-48(41)54(50(42)44)36-15-10-13-34(30-36)31-52/h2-30H,1H3. The smallest absolute Gasteiger partial charge is 0.101 e. The number of benzene rings is 8. The van der Waals surface area contributed by atoms with E-state index in [0.29, 0.717) is 11.1 Å². The van der Waals surface area contributed by atoms with Gasteiger partial charge in [0.1, 0.15) is 6.07 Å². The monoisotopic (exact) mass is 700 g/mol. The molecule has 256 valence electrons. The first-order valence-corrected chi connectivity index (χ1v) is 18.4. The second-order valence-corrected chi connectivity index (χ2v) is 14.0. The number of rotatable bonds is 5. The van der Waals surface area contributed by atoms with E-state index in [2.05, 4.69) is 162 Å². The number of hydrogen-bond acceptors (Lipinski definition) is 2. The van der Waals surface area contributed by atoms with Crippen molar-refractivity contribution in [1.82, 2.24) is 9.13 Å². The van der Waals surface area contributed by atoms with Crippen molar-refractivity contribution in [3.63, 3.8) is 0 Å². The summed E-state index contributed by atoms with van der Waals surface area (Å²) in [6.45, 7) is 2.13. The lowest BCUT2D eigenvalue weighted by Crippen LogP contribution is -1.99. The highest BCUT2D eigenvalue weighted by Gasteiger charge is 2.22. The maximum Gasteiger partial charge on any atom is 0.101 e. The van der Waals surface area contributed by atoms with Gasteiger partial charge in [-0.2, -0.15) is 10.5 Å². The topological polar surface area (TPSA) is 57.4 Å². The van der Waals surface area contributed by atoms with Crippen LogP contribution in [0.1, 0.15) is 16.7 Å². The minimum Gasteiger partial charge on any atom is -0.309 e. The molecule has 0 amide bonds. The van der Waals surface area contributed by atoms with Crippen LogP contribution in [0.5, 0.6) is 0 Å². The third kappa shape index (κ3) is 4.97. The molecule has 0 atom stereocenters. The second kappa shape index (κ2) is 12.8. The van der Waals surface area contributed by atoms with Crippen LogP contribution in [0.2, 0.25) is 0 Å². The first-order chi connectivity index (χ1) is 27.1. The molecule has 0 fully saturated rings. The van der Waals surface area contributed by atoms with Gasteiger partial charge in [-0.25, -0.2) is 0 Å². The molecule has 8 aromatic carbocycles. The van der Waals surface area contributed by atoms with Crippen LogP contribution >= 0.6 is 0 Å². The van der Waals surface area contributed by atoms with Crippen LogP contribution in [0.3, 0.4) is 0 Å². The zero-order valence-electron chi connectivity index (χ0n) is 30.0. The molecule has 0 aliphatic heterocycles. The fourth-order valence-corrected chi connectivity index (χ4v) is 8.54. The zero-order valence-corrected chi connectivity index (χ0v) is 30.0. The summed E-state index contributed by atoms with van der Waals surface area (Å²) in [6.07, 6.45) is 0. The molecule has 2 aromatic heterocycles. The summed E-state index contributed by atoms with van der Waals surface area (Å²) in [7, 11) is 0. The molecule has 0 N–H and O–H groups in total. The van der Waals surface area contributed by atoms with Gasteiger partial charge in [0.05, 0.1) is 45.0 Å². The molecule has 0 spiro atoms. The maximum atomic E-state index is 10.3. The van der Waals surface area contributed by atoms with Gasteiger partial charge in [0.2, 0.25) is 0 Å². The van der Waals surface area contributed by atoms with E-state index in [1.807, 2.05) is 42.5 Å². The molecular weight excluding hydrogens is 669 g/mol. The van der Waals surface area contributed by atoms with Gasteiger partial charge in [-0.15, -0.1) is 0 Å². The van der Waals surface area contributed by atoms with E-state index in [0.717, 1.165) is 88.4 Å². The largest absolute Gasteiger partial charge is 0.309 e. The van der Waals surface area contributed by atoms with Crippen LogP contribution in [0.25, 0.3) is 88.4 Å². The Morgan fingerprint density at radius 3 is 1.62 bits per heavy atom. The van der Waals surface area contributed by atoms with Crippen LogP contribution in [-0.2, 0) is 0 Å². The lowest BCUT2D eigenvalue weighted by atomic mass is 9.88. The normalized spacial score (nSPS) is 11.3. The highest BCUT2D eigenvalue weighted by Crippen LogP contribution is 2.46. The molecule has 4 nitrogen and oxygen atoms in total. The Balaban J connectivity index is 1.27. The lowest BCUT2D eigenvalue weighted by molar-refractivity contribution is 1.17. The molecule has 10 aromatic rings. The van der Waals surface area contributed by atoms with Gasteiger partial charge >= 0.3 is 0 Å². The Morgan fingerprint density at radius 1 is 0.400 bits per heavy atom. The number of para-hydroxylation sites is 4. The van der Waals surface area contributed by atoms with Crippen LogP contribution in [-0.4, -0.2) is 9.13 Å². The fraction of sp³-hybridized carbons (Fsp3) is 0.0196. The number of nitrogens with zero attached hydrogens (tertiary/aromatic N) is 4. The van der Waals surface area contributed by atoms with Crippen molar-refractivity contribution in [1.29, 1.82) is 10.5 Å². The van der Waals surface area contributed by atoms with Crippen molar-refractivity contribution in [3.05, 3.63) is 193 Å². The van der Waals surface area contributed by atoms with Gasteiger partial charge in [0, 0.05) is 38.4 Å². The van der Waals surface area contributed by atoms with Crippen molar-refractivity contribution in [2.24, 2.45) is 0 Å². The maximum absolute atomic E-state index is 10.3. The molecule has 0 saturated carbocycles. The SMILES string of the molecule is Cc1ccc2c(c1)c1cccc(-c3ccccc3-c3ccccc3-c3cccc4c5ccccc5n(-c5cccc(C#N)c5)c34)c1n2-c1ccccc1C#N. The van der Waals surface area contributed by atoms with E-state index < -0.39 is 0 Å². The zero-order chi connectivity index (χ0) is 37.0. The van der Waals surface area contributed by atoms with Crippen molar-refractivity contribution < 1.29 is 0 Å². The molecule has 0 unspecified atom stereocenters. The molecule has 0 bridgehead atoms. The molecule has 0 saturated heterocycles. The number of aryl methyl sites for hydroxylation is 1. The van der Waals surface area contributed by atoms with Crippen LogP contribution in [0.4, 0.5) is 0 Å².